The summed E-state index contributed by atoms with van der Waals surface area (Å²) in [5.41, 5.74) is 1.43. The fourth-order valence-electron chi connectivity index (χ4n) is 3.56. The van der Waals surface area contributed by atoms with Crippen molar-refractivity contribution in [3.63, 3.8) is 0 Å². The molecule has 3 aromatic rings. The summed E-state index contributed by atoms with van der Waals surface area (Å²) in [6, 6.07) is 10.2. The van der Waals surface area contributed by atoms with E-state index in [0.717, 1.165) is 5.56 Å². The van der Waals surface area contributed by atoms with Gasteiger partial charge in [-0.2, -0.15) is 0 Å². The van der Waals surface area contributed by atoms with Gasteiger partial charge in [0.1, 0.15) is 5.82 Å². The predicted molar refractivity (Wildman–Crippen MR) is 116 cm³/mol. The van der Waals surface area contributed by atoms with Gasteiger partial charge in [0, 0.05) is 30.1 Å². The second-order valence-electron chi connectivity index (χ2n) is 7.19. The van der Waals surface area contributed by atoms with Crippen molar-refractivity contribution in [1.29, 1.82) is 0 Å². The fourth-order valence-corrected chi connectivity index (χ4v) is 4.94. The highest BCUT2D eigenvalue weighted by molar-refractivity contribution is 7.91. The number of anilines is 2. The molecule has 30 heavy (non-hydrogen) atoms. The summed E-state index contributed by atoms with van der Waals surface area (Å²) in [4.78, 5) is 19.0. The number of nitrogens with one attached hydrogen (secondary N) is 1. The zero-order chi connectivity index (χ0) is 21.5. The second kappa shape index (κ2) is 7.85. The molecule has 1 saturated heterocycles. The summed E-state index contributed by atoms with van der Waals surface area (Å²) in [7, 11) is -3.10. The Kier molecular flexibility index (Phi) is 5.38. The van der Waals surface area contributed by atoms with Gasteiger partial charge >= 0.3 is 0 Å². The maximum Gasteiger partial charge on any atom is 0.256 e. The van der Waals surface area contributed by atoms with E-state index in [1.54, 1.807) is 18.2 Å². The van der Waals surface area contributed by atoms with Gasteiger partial charge in [0.2, 0.25) is 0 Å². The zero-order valence-electron chi connectivity index (χ0n) is 16.2. The Morgan fingerprint density at radius 2 is 1.87 bits per heavy atom. The SMILES string of the molecule is Cc1cccc2c(Nc3cccc(Cl)c3F)ncc(C(=O)N3CCS(=O)(=O)CC3)c12. The Morgan fingerprint density at radius 1 is 1.17 bits per heavy atom. The molecule has 0 spiro atoms. The third-order valence-electron chi connectivity index (χ3n) is 5.19. The molecule has 0 aliphatic carbocycles. The van der Waals surface area contributed by atoms with E-state index >= 15 is 0 Å². The van der Waals surface area contributed by atoms with Crippen LogP contribution in [0.4, 0.5) is 15.9 Å². The molecule has 1 N–H and O–H groups in total. The van der Waals surface area contributed by atoms with Crippen LogP contribution in [-0.4, -0.2) is 48.8 Å². The van der Waals surface area contributed by atoms with E-state index in [1.807, 2.05) is 19.1 Å². The van der Waals surface area contributed by atoms with Crippen LogP contribution in [0.3, 0.4) is 0 Å². The molecule has 1 aromatic heterocycles. The molecule has 2 heterocycles. The number of carbonyl (C=O) groups is 1. The fraction of sp³-hybridized carbons (Fsp3) is 0.238. The first-order valence-electron chi connectivity index (χ1n) is 9.36. The van der Waals surface area contributed by atoms with Crippen molar-refractivity contribution in [3.05, 3.63) is 64.6 Å². The molecule has 1 amide bonds. The molecule has 4 rings (SSSR count). The Hall–Kier alpha value is -2.71. The quantitative estimate of drug-likeness (QED) is 0.657. The van der Waals surface area contributed by atoms with E-state index in [0.29, 0.717) is 22.2 Å². The lowest BCUT2D eigenvalue weighted by molar-refractivity contribution is 0.0772. The van der Waals surface area contributed by atoms with Crippen LogP contribution in [0.1, 0.15) is 15.9 Å². The highest BCUT2D eigenvalue weighted by Gasteiger charge is 2.27. The number of rotatable bonds is 3. The van der Waals surface area contributed by atoms with Crippen LogP contribution in [0.25, 0.3) is 10.8 Å². The Bertz CT molecular complexity index is 1250. The van der Waals surface area contributed by atoms with Gasteiger partial charge in [-0.05, 0) is 24.6 Å². The maximum absolute atomic E-state index is 14.3. The van der Waals surface area contributed by atoms with E-state index in [2.05, 4.69) is 10.3 Å². The van der Waals surface area contributed by atoms with Gasteiger partial charge in [0.05, 0.1) is 27.8 Å². The number of carbonyl (C=O) groups excluding carboxylic acids is 1. The summed E-state index contributed by atoms with van der Waals surface area (Å²) in [5, 5.41) is 4.31. The average molecular weight is 448 g/mol. The number of benzene rings is 2. The zero-order valence-corrected chi connectivity index (χ0v) is 17.7. The summed E-state index contributed by atoms with van der Waals surface area (Å²) in [5.74, 6) is -0.547. The molecule has 2 aromatic carbocycles. The Balaban J connectivity index is 1.76. The number of amides is 1. The number of nitrogens with zero attached hydrogens (tertiary/aromatic N) is 2. The minimum atomic E-state index is -3.10. The standard InChI is InChI=1S/C21H19ClFN3O3S/c1-13-4-2-5-14-18(13)15(21(27)26-8-10-30(28,29)11-9-26)12-24-20(14)25-17-7-3-6-16(22)19(17)23/h2-7,12H,8-11H2,1H3,(H,24,25). The lowest BCUT2D eigenvalue weighted by atomic mass is 10.0. The second-order valence-corrected chi connectivity index (χ2v) is 9.90. The van der Waals surface area contributed by atoms with E-state index in [4.69, 9.17) is 11.6 Å². The van der Waals surface area contributed by atoms with E-state index in [-0.39, 0.29) is 41.2 Å². The van der Waals surface area contributed by atoms with Crippen LogP contribution >= 0.6 is 11.6 Å². The molecule has 1 fully saturated rings. The first-order valence-corrected chi connectivity index (χ1v) is 11.6. The minimum Gasteiger partial charge on any atom is -0.337 e. The molecule has 0 unspecified atom stereocenters. The van der Waals surface area contributed by atoms with Gasteiger partial charge in [0.25, 0.3) is 5.91 Å². The number of aryl methyl sites for hydroxylation is 1. The molecule has 0 atom stereocenters. The maximum atomic E-state index is 14.3. The van der Waals surface area contributed by atoms with Crippen LogP contribution in [-0.2, 0) is 9.84 Å². The number of pyridine rings is 1. The van der Waals surface area contributed by atoms with Gasteiger partial charge in [0.15, 0.2) is 15.7 Å². The van der Waals surface area contributed by atoms with Crippen LogP contribution in [0.15, 0.2) is 42.6 Å². The van der Waals surface area contributed by atoms with Gasteiger partial charge in [-0.15, -0.1) is 0 Å². The highest BCUT2D eigenvalue weighted by atomic mass is 35.5. The molecule has 0 bridgehead atoms. The largest absolute Gasteiger partial charge is 0.337 e. The van der Waals surface area contributed by atoms with E-state index < -0.39 is 15.7 Å². The Labute approximate surface area is 178 Å². The van der Waals surface area contributed by atoms with Crippen molar-refractivity contribution in [2.24, 2.45) is 0 Å². The summed E-state index contributed by atoms with van der Waals surface area (Å²) >= 11 is 5.87. The topological polar surface area (TPSA) is 79.4 Å². The number of hydrogen-bond acceptors (Lipinski definition) is 5. The number of fused-ring (bicyclic) bond motifs is 1. The van der Waals surface area contributed by atoms with Crippen LogP contribution < -0.4 is 5.32 Å². The number of hydrogen-bond donors (Lipinski definition) is 1. The van der Waals surface area contributed by atoms with Crippen LogP contribution in [0.2, 0.25) is 5.02 Å². The smallest absolute Gasteiger partial charge is 0.256 e. The monoisotopic (exact) mass is 447 g/mol. The molecule has 156 valence electrons. The molecular weight excluding hydrogens is 429 g/mol. The van der Waals surface area contributed by atoms with Crippen LogP contribution in [0.5, 0.6) is 0 Å². The molecule has 9 heteroatoms. The highest BCUT2D eigenvalue weighted by Crippen LogP contribution is 2.32. The summed E-state index contributed by atoms with van der Waals surface area (Å²) in [6.45, 7) is 2.19. The molecular formula is C21H19ClFN3O3S. The van der Waals surface area contributed by atoms with E-state index in [9.17, 15) is 17.6 Å². The predicted octanol–water partition coefficient (Wildman–Crippen LogP) is 3.95. The third-order valence-corrected chi connectivity index (χ3v) is 7.09. The van der Waals surface area contributed by atoms with Gasteiger partial charge in [-0.1, -0.05) is 35.9 Å². The van der Waals surface area contributed by atoms with Gasteiger partial charge in [-0.25, -0.2) is 17.8 Å². The van der Waals surface area contributed by atoms with Gasteiger partial charge < -0.3 is 10.2 Å². The van der Waals surface area contributed by atoms with Crippen LogP contribution in [0, 0.1) is 12.7 Å². The number of aromatic nitrogens is 1. The van der Waals surface area contributed by atoms with Crippen molar-refractivity contribution >= 4 is 49.6 Å². The van der Waals surface area contributed by atoms with Crippen molar-refractivity contribution < 1.29 is 17.6 Å². The van der Waals surface area contributed by atoms with E-state index in [1.165, 1.54) is 17.2 Å². The average Bonchev–Trinajstić information content (AvgIpc) is 2.71. The lowest BCUT2D eigenvalue weighted by Gasteiger charge is -2.27. The van der Waals surface area contributed by atoms with Gasteiger partial charge in [-0.3, -0.25) is 4.79 Å². The molecule has 1 aliphatic rings. The molecule has 0 saturated carbocycles. The normalized spacial score (nSPS) is 15.9. The Morgan fingerprint density at radius 3 is 2.60 bits per heavy atom. The van der Waals surface area contributed by atoms with Crippen molar-refractivity contribution in [1.82, 2.24) is 9.88 Å². The minimum absolute atomic E-state index is 0.00710. The molecule has 6 nitrogen and oxygen atoms in total. The molecule has 0 radical (unpaired) electrons. The summed E-state index contributed by atoms with van der Waals surface area (Å²) < 4.78 is 37.7. The first kappa shape index (κ1) is 20.6. The third kappa shape index (κ3) is 3.85. The lowest BCUT2D eigenvalue weighted by Crippen LogP contribution is -2.43. The first-order chi connectivity index (χ1) is 14.3. The van der Waals surface area contributed by atoms with Crippen molar-refractivity contribution in [2.45, 2.75) is 6.92 Å². The van der Waals surface area contributed by atoms with Crippen molar-refractivity contribution in [2.75, 3.05) is 29.9 Å². The number of halogens is 2. The van der Waals surface area contributed by atoms with Crippen molar-refractivity contribution in [3.8, 4) is 0 Å². The molecule has 1 aliphatic heterocycles. The summed E-state index contributed by atoms with van der Waals surface area (Å²) in [6.07, 6.45) is 1.45. The number of sulfone groups is 1.